The first kappa shape index (κ1) is 44.7. The van der Waals surface area contributed by atoms with Crippen LogP contribution >= 0.6 is 0 Å². The summed E-state index contributed by atoms with van der Waals surface area (Å²) in [5.74, 6) is -4.79. The van der Waals surface area contributed by atoms with Gasteiger partial charge in [-0.25, -0.2) is 9.59 Å². The van der Waals surface area contributed by atoms with Crippen LogP contribution in [0.2, 0.25) is 0 Å². The molecule has 0 spiro atoms. The summed E-state index contributed by atoms with van der Waals surface area (Å²) in [6, 6.07) is -2.59. The van der Waals surface area contributed by atoms with E-state index in [9.17, 15) is 39.0 Å². The molecule has 0 bridgehead atoms. The van der Waals surface area contributed by atoms with Gasteiger partial charge in [0, 0.05) is 38.8 Å². The minimum atomic E-state index is -1.32. The lowest BCUT2D eigenvalue weighted by Gasteiger charge is -2.17. The standard InChI is InChI=1S/C34H61N3O11/c1-2-47-25-26-48-24-23-35-29(38)21-19-27(33(43)44)37-31(40)22-20-28(34(45)46)36-30(39)17-15-13-11-9-7-5-3-4-6-8-10-12-14-16-18-32(41)42/h27-28H,2-26H2,1H3,(H,35,38)(H,36,39)(H,37,40)(H,41,42)(H,43,44)(H,45,46)/t27-,28-/m0/s1. The summed E-state index contributed by atoms with van der Waals surface area (Å²) in [6.07, 6.45) is 14.5. The van der Waals surface area contributed by atoms with Crippen LogP contribution in [0, 0.1) is 0 Å². The number of ether oxygens (including phenoxy) is 2. The van der Waals surface area contributed by atoms with Crippen molar-refractivity contribution < 1.29 is 53.6 Å². The third-order valence-corrected chi connectivity index (χ3v) is 7.78. The van der Waals surface area contributed by atoms with Crippen molar-refractivity contribution in [3.05, 3.63) is 0 Å². The Hall–Kier alpha value is -3.26. The van der Waals surface area contributed by atoms with Crippen molar-refractivity contribution in [2.75, 3.05) is 33.0 Å². The molecule has 0 aliphatic heterocycles. The molecule has 2 atom stereocenters. The highest BCUT2D eigenvalue weighted by molar-refractivity contribution is 5.86. The molecule has 0 fully saturated rings. The second-order valence-electron chi connectivity index (χ2n) is 12.0. The number of carbonyl (C=O) groups excluding carboxylic acids is 3. The fraction of sp³-hybridized carbons (Fsp3) is 0.824. The maximum absolute atomic E-state index is 12.4. The molecule has 0 aliphatic rings. The van der Waals surface area contributed by atoms with Crippen LogP contribution in [0.1, 0.15) is 135 Å². The third-order valence-electron chi connectivity index (χ3n) is 7.78. The van der Waals surface area contributed by atoms with E-state index in [1.165, 1.54) is 38.5 Å². The molecule has 0 saturated heterocycles. The lowest BCUT2D eigenvalue weighted by Crippen LogP contribution is -2.44. The molecule has 0 radical (unpaired) electrons. The third kappa shape index (κ3) is 28.9. The molecule has 48 heavy (non-hydrogen) atoms. The molecule has 0 rings (SSSR count). The smallest absolute Gasteiger partial charge is 0.326 e. The molecule has 0 heterocycles. The van der Waals surface area contributed by atoms with Crippen LogP contribution in [0.3, 0.4) is 0 Å². The first-order valence-electron chi connectivity index (χ1n) is 17.7. The summed E-state index contributed by atoms with van der Waals surface area (Å²) >= 11 is 0. The Kier molecular flexibility index (Phi) is 28.9. The number of hydrogen-bond acceptors (Lipinski definition) is 8. The molecule has 6 N–H and O–H groups in total. The molecular formula is C34H61N3O11. The highest BCUT2D eigenvalue weighted by Gasteiger charge is 2.24. The monoisotopic (exact) mass is 687 g/mol. The Morgan fingerprint density at radius 2 is 0.896 bits per heavy atom. The molecule has 0 aromatic heterocycles. The zero-order valence-electron chi connectivity index (χ0n) is 28.9. The summed E-state index contributed by atoms with van der Waals surface area (Å²) in [5, 5.41) is 34.9. The van der Waals surface area contributed by atoms with E-state index in [1.807, 2.05) is 6.92 Å². The summed E-state index contributed by atoms with van der Waals surface area (Å²) in [6.45, 7) is 3.84. The van der Waals surface area contributed by atoms with Gasteiger partial charge in [-0.3, -0.25) is 19.2 Å². The van der Waals surface area contributed by atoms with Crippen molar-refractivity contribution in [1.82, 2.24) is 16.0 Å². The number of nitrogens with one attached hydrogen (secondary N) is 3. The minimum absolute atomic E-state index is 0.134. The number of amides is 3. The Morgan fingerprint density at radius 3 is 1.33 bits per heavy atom. The lowest BCUT2D eigenvalue weighted by atomic mass is 10.0. The van der Waals surface area contributed by atoms with Crippen molar-refractivity contribution in [2.45, 2.75) is 147 Å². The number of hydrogen-bond donors (Lipinski definition) is 6. The van der Waals surface area contributed by atoms with Crippen molar-refractivity contribution >= 4 is 35.6 Å². The van der Waals surface area contributed by atoms with Crippen LogP contribution < -0.4 is 16.0 Å². The predicted molar refractivity (Wildman–Crippen MR) is 179 cm³/mol. The number of carboxylic acid groups (broad SMARTS) is 3. The number of carbonyl (C=O) groups is 6. The Bertz CT molecular complexity index is 917. The van der Waals surface area contributed by atoms with Gasteiger partial charge in [0.1, 0.15) is 12.1 Å². The average Bonchev–Trinajstić information content (AvgIpc) is 3.03. The molecule has 3 amide bonds. The van der Waals surface area contributed by atoms with E-state index >= 15 is 0 Å². The van der Waals surface area contributed by atoms with E-state index in [1.54, 1.807) is 0 Å². The quantitative estimate of drug-likeness (QED) is 0.0527. The van der Waals surface area contributed by atoms with E-state index in [0.717, 1.165) is 44.9 Å². The molecule has 278 valence electrons. The SMILES string of the molecule is CCOCCOCCNC(=O)CC[C@H](NC(=O)CC[C@H](NC(=O)CCCCCCCCCCCCCCCCC(=O)O)C(=O)O)C(=O)O. The average molecular weight is 688 g/mol. The van der Waals surface area contributed by atoms with Crippen LogP contribution in [-0.4, -0.2) is 96.0 Å². The van der Waals surface area contributed by atoms with Gasteiger partial charge in [0.2, 0.25) is 17.7 Å². The highest BCUT2D eigenvalue weighted by atomic mass is 16.5. The highest BCUT2D eigenvalue weighted by Crippen LogP contribution is 2.14. The summed E-state index contributed by atoms with van der Waals surface area (Å²) < 4.78 is 10.4. The maximum atomic E-state index is 12.4. The van der Waals surface area contributed by atoms with Gasteiger partial charge in [-0.15, -0.1) is 0 Å². The van der Waals surface area contributed by atoms with E-state index in [-0.39, 0.29) is 57.6 Å². The van der Waals surface area contributed by atoms with Crippen LogP contribution in [0.5, 0.6) is 0 Å². The zero-order chi connectivity index (χ0) is 35.8. The van der Waals surface area contributed by atoms with Crippen LogP contribution in [-0.2, 0) is 38.2 Å². The van der Waals surface area contributed by atoms with E-state index < -0.39 is 41.8 Å². The van der Waals surface area contributed by atoms with Gasteiger partial charge < -0.3 is 40.7 Å². The van der Waals surface area contributed by atoms with Crippen LogP contribution in [0.25, 0.3) is 0 Å². The summed E-state index contributed by atoms with van der Waals surface area (Å²) in [4.78, 5) is 70.4. The summed E-state index contributed by atoms with van der Waals surface area (Å²) in [5.41, 5.74) is 0. The fourth-order valence-corrected chi connectivity index (χ4v) is 5.00. The molecular weight excluding hydrogens is 626 g/mol. The van der Waals surface area contributed by atoms with Crippen molar-refractivity contribution in [3.8, 4) is 0 Å². The van der Waals surface area contributed by atoms with Gasteiger partial charge in [0.25, 0.3) is 0 Å². The topological polar surface area (TPSA) is 218 Å². The first-order chi connectivity index (χ1) is 23.1. The second-order valence-corrected chi connectivity index (χ2v) is 12.0. The van der Waals surface area contributed by atoms with Crippen molar-refractivity contribution in [3.63, 3.8) is 0 Å². The molecule has 0 aromatic carbocycles. The van der Waals surface area contributed by atoms with Gasteiger partial charge in [-0.2, -0.15) is 0 Å². The lowest BCUT2D eigenvalue weighted by molar-refractivity contribution is -0.143. The molecule has 0 aliphatic carbocycles. The van der Waals surface area contributed by atoms with E-state index in [4.69, 9.17) is 14.6 Å². The summed E-state index contributed by atoms with van der Waals surface area (Å²) in [7, 11) is 0. The predicted octanol–water partition coefficient (Wildman–Crippen LogP) is 4.18. The molecule has 14 heteroatoms. The number of aliphatic carboxylic acids is 3. The van der Waals surface area contributed by atoms with Crippen LogP contribution in [0.15, 0.2) is 0 Å². The Balaban J connectivity index is 4.03. The van der Waals surface area contributed by atoms with Gasteiger partial charge in [-0.05, 0) is 32.6 Å². The fourth-order valence-electron chi connectivity index (χ4n) is 5.00. The van der Waals surface area contributed by atoms with Gasteiger partial charge in [0.15, 0.2) is 0 Å². The van der Waals surface area contributed by atoms with E-state index in [2.05, 4.69) is 16.0 Å². The normalized spacial score (nSPS) is 12.2. The minimum Gasteiger partial charge on any atom is -0.481 e. The number of rotatable bonds is 34. The van der Waals surface area contributed by atoms with E-state index in [0.29, 0.717) is 26.2 Å². The first-order valence-corrected chi connectivity index (χ1v) is 17.7. The molecule has 0 aromatic rings. The number of unbranched alkanes of at least 4 members (excludes halogenated alkanes) is 13. The maximum Gasteiger partial charge on any atom is 0.326 e. The Labute approximate surface area is 285 Å². The van der Waals surface area contributed by atoms with Crippen molar-refractivity contribution in [2.24, 2.45) is 0 Å². The second kappa shape index (κ2) is 31.0. The molecule has 0 saturated carbocycles. The largest absolute Gasteiger partial charge is 0.481 e. The molecule has 0 unspecified atom stereocenters. The number of carboxylic acids is 3. The zero-order valence-corrected chi connectivity index (χ0v) is 28.9. The van der Waals surface area contributed by atoms with Crippen molar-refractivity contribution in [1.29, 1.82) is 0 Å². The van der Waals surface area contributed by atoms with Crippen LogP contribution in [0.4, 0.5) is 0 Å². The van der Waals surface area contributed by atoms with Gasteiger partial charge in [-0.1, -0.05) is 77.0 Å². The Morgan fingerprint density at radius 1 is 0.500 bits per heavy atom. The van der Waals surface area contributed by atoms with Gasteiger partial charge >= 0.3 is 17.9 Å². The van der Waals surface area contributed by atoms with Gasteiger partial charge in [0.05, 0.1) is 19.8 Å². The molecule has 14 nitrogen and oxygen atoms in total.